The number of nitrogens with zero attached hydrogens (tertiary/aromatic N) is 1. The molecule has 8 nitrogen and oxygen atoms in total. The molecular weight excluding hydrogens is 660 g/mol. The molecule has 3 saturated carbocycles. The zero-order chi connectivity index (χ0) is 35.1. The number of nitrogens with one attached hydrogen (secondary N) is 2. The van der Waals surface area contributed by atoms with Gasteiger partial charge >= 0.3 is 7.12 Å². The minimum absolute atomic E-state index is 0.0667. The molecule has 0 aromatic heterocycles. The monoisotopic (exact) mass is 701 g/mol. The Morgan fingerprint density at radius 2 is 1.71 bits per heavy atom. The number of benzene rings is 3. The second-order valence-electron chi connectivity index (χ2n) is 14.3. The van der Waals surface area contributed by atoms with Crippen molar-refractivity contribution < 1.29 is 23.7 Å². The predicted octanol–water partition coefficient (Wildman–Crippen LogP) is 6.48. The Hall–Kier alpha value is -3.63. The van der Waals surface area contributed by atoms with Crippen LogP contribution in [-0.2, 0) is 31.7 Å². The molecule has 3 aromatic rings. The highest BCUT2D eigenvalue weighted by molar-refractivity contribution is 6.48. The largest absolute Gasteiger partial charge is 0.482 e. The van der Waals surface area contributed by atoms with Crippen molar-refractivity contribution in [2.75, 3.05) is 11.9 Å². The molecule has 2 N–H and O–H groups in total. The quantitative estimate of drug-likeness (QED) is 0.176. The molecule has 1 aliphatic heterocycles. The van der Waals surface area contributed by atoms with Crippen LogP contribution in [0.3, 0.4) is 0 Å². The summed E-state index contributed by atoms with van der Waals surface area (Å²) >= 11 is 12.6. The first-order valence-corrected chi connectivity index (χ1v) is 17.5. The van der Waals surface area contributed by atoms with Crippen LogP contribution in [0, 0.1) is 17.3 Å². The Labute approximate surface area is 298 Å². The van der Waals surface area contributed by atoms with E-state index in [9.17, 15) is 14.4 Å². The fourth-order valence-electron chi connectivity index (χ4n) is 7.95. The van der Waals surface area contributed by atoms with Gasteiger partial charge < -0.3 is 24.8 Å². The van der Waals surface area contributed by atoms with Crippen LogP contribution in [0.4, 0.5) is 5.69 Å². The number of anilines is 1. The van der Waals surface area contributed by atoms with Crippen LogP contribution < -0.4 is 15.5 Å². The summed E-state index contributed by atoms with van der Waals surface area (Å²) in [5, 5.41) is 6.66. The van der Waals surface area contributed by atoms with E-state index in [1.54, 1.807) is 31.3 Å². The van der Waals surface area contributed by atoms with E-state index in [1.807, 2.05) is 42.5 Å². The summed E-state index contributed by atoms with van der Waals surface area (Å²) < 4.78 is 13.5. The van der Waals surface area contributed by atoms with Crippen molar-refractivity contribution in [2.45, 2.75) is 70.1 Å². The summed E-state index contributed by atoms with van der Waals surface area (Å²) in [6.45, 7) is 10.4. The van der Waals surface area contributed by atoms with Crippen LogP contribution in [0.15, 0.2) is 85.5 Å². The molecule has 0 radical (unpaired) electrons. The molecule has 256 valence electrons. The number of carbonyl (C=O) groups excluding carboxylic acids is 3. The van der Waals surface area contributed by atoms with Crippen molar-refractivity contribution in [2.24, 2.45) is 17.3 Å². The van der Waals surface area contributed by atoms with Crippen molar-refractivity contribution in [1.82, 2.24) is 10.6 Å². The third-order valence-corrected chi connectivity index (χ3v) is 11.5. The SMILES string of the molecule is C=CC(=O)N(C)c1cccc(CC(NC(=O)c2cc(Cl)ccc2Cl)C(=O)NC(Cc2ccccc2)B2O[C@@H]3C[C@@H]4C[C@@H](C4(C)C)[C@]3(C)O2)c1. The predicted molar refractivity (Wildman–Crippen MR) is 194 cm³/mol. The molecule has 3 aromatic carbocycles. The Bertz CT molecular complexity index is 1760. The van der Waals surface area contributed by atoms with Gasteiger partial charge in [0.1, 0.15) is 6.04 Å². The van der Waals surface area contributed by atoms with Gasteiger partial charge in [-0.15, -0.1) is 0 Å². The van der Waals surface area contributed by atoms with Gasteiger partial charge in [-0.05, 0) is 91.0 Å². The van der Waals surface area contributed by atoms with Crippen LogP contribution in [0.2, 0.25) is 10.0 Å². The van der Waals surface area contributed by atoms with E-state index in [-0.39, 0.29) is 34.4 Å². The maximum Gasteiger partial charge on any atom is 0.482 e. The van der Waals surface area contributed by atoms with Gasteiger partial charge in [-0.25, -0.2) is 0 Å². The fraction of sp³-hybridized carbons (Fsp3) is 0.395. The molecule has 4 aliphatic rings. The maximum absolute atomic E-state index is 14.4. The molecule has 2 bridgehead atoms. The average molecular weight is 702 g/mol. The van der Waals surface area contributed by atoms with E-state index in [2.05, 4.69) is 38.0 Å². The number of amides is 3. The molecule has 49 heavy (non-hydrogen) atoms. The van der Waals surface area contributed by atoms with Gasteiger partial charge in [-0.1, -0.05) is 86.1 Å². The molecule has 2 unspecified atom stereocenters. The van der Waals surface area contributed by atoms with E-state index >= 15 is 0 Å². The van der Waals surface area contributed by atoms with Gasteiger partial charge in [0.2, 0.25) is 11.8 Å². The van der Waals surface area contributed by atoms with Crippen LogP contribution in [-0.4, -0.2) is 55.6 Å². The lowest BCUT2D eigenvalue weighted by atomic mass is 9.43. The van der Waals surface area contributed by atoms with Crippen molar-refractivity contribution >= 4 is 53.7 Å². The summed E-state index contributed by atoms with van der Waals surface area (Å²) in [6, 6.07) is 20.7. The van der Waals surface area contributed by atoms with Gasteiger partial charge in [-0.2, -0.15) is 0 Å². The van der Waals surface area contributed by atoms with Gasteiger partial charge in [0, 0.05) is 24.2 Å². The summed E-state index contributed by atoms with van der Waals surface area (Å²) in [5.74, 6) is -0.842. The molecule has 3 aliphatic carbocycles. The number of hydrogen-bond donors (Lipinski definition) is 2. The van der Waals surface area contributed by atoms with E-state index < -0.39 is 36.5 Å². The third kappa shape index (κ3) is 7.04. The van der Waals surface area contributed by atoms with E-state index in [0.717, 1.165) is 24.0 Å². The number of likely N-dealkylation sites (N-methyl/N-ethyl adjacent to an activating group) is 1. The third-order valence-electron chi connectivity index (χ3n) is 11.0. The first-order valence-electron chi connectivity index (χ1n) is 16.7. The minimum Gasteiger partial charge on any atom is -0.404 e. The Morgan fingerprint density at radius 3 is 2.43 bits per heavy atom. The molecular formula is C38H42BCl2N3O5. The second kappa shape index (κ2) is 13.9. The molecule has 11 heteroatoms. The van der Waals surface area contributed by atoms with Crippen molar-refractivity contribution in [3.05, 3.63) is 112 Å². The summed E-state index contributed by atoms with van der Waals surface area (Å²) in [5.41, 5.74) is 2.22. The topological polar surface area (TPSA) is 97.0 Å². The fourth-order valence-corrected chi connectivity index (χ4v) is 8.32. The second-order valence-corrected chi connectivity index (χ2v) is 15.1. The molecule has 7 rings (SSSR count). The number of rotatable bonds is 11. The minimum atomic E-state index is -1.03. The lowest BCUT2D eigenvalue weighted by Gasteiger charge is -2.64. The van der Waals surface area contributed by atoms with Crippen molar-refractivity contribution in [3.63, 3.8) is 0 Å². The molecule has 4 fully saturated rings. The highest BCUT2D eigenvalue weighted by Crippen LogP contribution is 2.65. The molecule has 3 amide bonds. The van der Waals surface area contributed by atoms with Gasteiger partial charge in [-0.3, -0.25) is 14.4 Å². The Kier molecular flexibility index (Phi) is 10.0. The number of halogens is 2. The molecule has 1 saturated heterocycles. The smallest absolute Gasteiger partial charge is 0.404 e. The van der Waals surface area contributed by atoms with Crippen LogP contribution >= 0.6 is 23.2 Å². The molecule has 1 heterocycles. The van der Waals surface area contributed by atoms with Crippen molar-refractivity contribution in [3.8, 4) is 0 Å². The lowest BCUT2D eigenvalue weighted by Crippen LogP contribution is -2.65. The summed E-state index contributed by atoms with van der Waals surface area (Å²) in [7, 11) is 0.963. The van der Waals surface area contributed by atoms with Gasteiger partial charge in [0.25, 0.3) is 5.91 Å². The zero-order valence-corrected chi connectivity index (χ0v) is 29.8. The number of carbonyl (C=O) groups is 3. The first-order chi connectivity index (χ1) is 23.3. The zero-order valence-electron chi connectivity index (χ0n) is 28.2. The van der Waals surface area contributed by atoms with Crippen LogP contribution in [0.5, 0.6) is 0 Å². The summed E-state index contributed by atoms with van der Waals surface area (Å²) in [6.07, 6.45) is 3.78. The maximum atomic E-state index is 14.4. The first kappa shape index (κ1) is 35.2. The Morgan fingerprint density at radius 1 is 0.980 bits per heavy atom. The van der Waals surface area contributed by atoms with Gasteiger partial charge in [0.05, 0.1) is 28.2 Å². The van der Waals surface area contributed by atoms with Crippen LogP contribution in [0.1, 0.15) is 55.1 Å². The van der Waals surface area contributed by atoms with Crippen LogP contribution in [0.25, 0.3) is 0 Å². The van der Waals surface area contributed by atoms with E-state index in [0.29, 0.717) is 29.0 Å². The highest BCUT2D eigenvalue weighted by Gasteiger charge is 2.68. The summed E-state index contributed by atoms with van der Waals surface area (Å²) in [4.78, 5) is 41.8. The number of hydrogen-bond acceptors (Lipinski definition) is 5. The van der Waals surface area contributed by atoms with Gasteiger partial charge in [0.15, 0.2) is 0 Å². The normalized spacial score (nSPS) is 24.5. The van der Waals surface area contributed by atoms with E-state index in [1.165, 1.54) is 17.0 Å². The molecule has 0 spiro atoms. The van der Waals surface area contributed by atoms with E-state index in [4.69, 9.17) is 32.5 Å². The highest BCUT2D eigenvalue weighted by atomic mass is 35.5. The average Bonchev–Trinajstić information content (AvgIpc) is 3.45. The lowest BCUT2D eigenvalue weighted by molar-refractivity contribution is -0.199. The Balaban J connectivity index is 1.29. The standard InChI is InChI=1S/C38H42BCl2N3O5/c1-6-34(45)44(5)27-14-10-13-24(17-27)18-30(42-35(46)28-22-26(40)15-16-29(28)41)36(47)43-33(19-23-11-8-7-9-12-23)39-48-32-21-25-20-31(37(25,2)3)38(32,4)49-39/h6-17,22,25,30-33H,1,18-21H2,2-5H3,(H,42,46)(H,43,47)/t25-,30?,31-,32+,33?,38-/m0/s1. The molecule has 6 atom stereocenters. The van der Waals surface area contributed by atoms with Crippen molar-refractivity contribution in [1.29, 1.82) is 0 Å².